The molecule has 3 heterocycles. The van der Waals surface area contributed by atoms with Crippen molar-refractivity contribution in [1.29, 1.82) is 0 Å². The van der Waals surface area contributed by atoms with Gasteiger partial charge in [-0.15, -0.1) is 21.5 Å². The quantitative estimate of drug-likeness (QED) is 0.367. The summed E-state index contributed by atoms with van der Waals surface area (Å²) in [6, 6.07) is 8.04. The van der Waals surface area contributed by atoms with E-state index in [0.717, 1.165) is 34.9 Å². The molecule has 10 heteroatoms. The van der Waals surface area contributed by atoms with Crippen LogP contribution in [0.3, 0.4) is 0 Å². The molecule has 0 amide bonds. The van der Waals surface area contributed by atoms with Crippen molar-refractivity contribution in [3.05, 3.63) is 45.8 Å². The van der Waals surface area contributed by atoms with Gasteiger partial charge in [0.1, 0.15) is 10.5 Å². The van der Waals surface area contributed by atoms with Crippen molar-refractivity contribution in [2.75, 3.05) is 14.2 Å². The van der Waals surface area contributed by atoms with Gasteiger partial charge in [-0.2, -0.15) is 0 Å². The third-order valence-electron chi connectivity index (χ3n) is 5.95. The molecule has 1 aliphatic carbocycles. The van der Waals surface area contributed by atoms with Gasteiger partial charge in [0.2, 0.25) is 0 Å². The molecule has 0 bridgehead atoms. The molecule has 3 aromatic heterocycles. The molecular weight excluding hydrogens is 458 g/mol. The molecule has 0 unspecified atom stereocenters. The van der Waals surface area contributed by atoms with Crippen LogP contribution in [0.1, 0.15) is 44.0 Å². The summed E-state index contributed by atoms with van der Waals surface area (Å²) >= 11 is 2.96. The predicted molar refractivity (Wildman–Crippen MR) is 130 cm³/mol. The van der Waals surface area contributed by atoms with E-state index in [2.05, 4.69) is 24.7 Å². The van der Waals surface area contributed by atoms with Crippen LogP contribution in [0.5, 0.6) is 11.5 Å². The van der Waals surface area contributed by atoms with E-state index in [1.165, 1.54) is 30.6 Å². The molecule has 0 spiro atoms. The number of aromatic nitrogens is 5. The van der Waals surface area contributed by atoms with Gasteiger partial charge in [-0.05, 0) is 42.5 Å². The molecule has 0 radical (unpaired) electrons. The first-order valence-electron chi connectivity index (χ1n) is 10.9. The summed E-state index contributed by atoms with van der Waals surface area (Å²) in [5.74, 6) is 3.31. The molecule has 1 aliphatic rings. The van der Waals surface area contributed by atoms with Crippen molar-refractivity contribution in [3.8, 4) is 22.9 Å². The van der Waals surface area contributed by atoms with E-state index in [4.69, 9.17) is 9.47 Å². The van der Waals surface area contributed by atoms with Gasteiger partial charge in [0, 0.05) is 11.6 Å². The number of ether oxygens (including phenoxy) is 2. The molecule has 0 atom stereocenters. The third kappa shape index (κ3) is 4.37. The maximum absolute atomic E-state index is 12.3. The Bertz CT molecular complexity index is 1320. The molecule has 0 aliphatic heterocycles. The Labute approximate surface area is 199 Å². The van der Waals surface area contributed by atoms with Crippen LogP contribution < -0.4 is 15.0 Å². The minimum absolute atomic E-state index is 0.0923. The van der Waals surface area contributed by atoms with Crippen LogP contribution in [-0.4, -0.2) is 39.0 Å². The monoisotopic (exact) mass is 483 g/mol. The highest BCUT2D eigenvalue weighted by atomic mass is 32.2. The Morgan fingerprint density at radius 2 is 1.94 bits per heavy atom. The van der Waals surface area contributed by atoms with Crippen molar-refractivity contribution < 1.29 is 9.47 Å². The van der Waals surface area contributed by atoms with E-state index in [-0.39, 0.29) is 5.56 Å². The largest absolute Gasteiger partial charge is 0.493 e. The van der Waals surface area contributed by atoms with Crippen molar-refractivity contribution in [3.63, 3.8) is 0 Å². The van der Waals surface area contributed by atoms with Crippen LogP contribution in [0.25, 0.3) is 21.6 Å². The van der Waals surface area contributed by atoms with E-state index >= 15 is 0 Å². The van der Waals surface area contributed by atoms with Crippen LogP contribution in [0.2, 0.25) is 0 Å². The van der Waals surface area contributed by atoms with Crippen molar-refractivity contribution in [2.24, 2.45) is 0 Å². The van der Waals surface area contributed by atoms with Crippen LogP contribution in [0.4, 0.5) is 0 Å². The molecule has 33 heavy (non-hydrogen) atoms. The number of rotatable bonds is 7. The zero-order valence-electron chi connectivity index (χ0n) is 18.5. The molecule has 172 valence electrons. The number of nitrogens with zero attached hydrogens (tertiary/aromatic N) is 4. The summed E-state index contributed by atoms with van der Waals surface area (Å²) in [6.45, 7) is 0. The molecule has 1 fully saturated rings. The van der Waals surface area contributed by atoms with E-state index in [9.17, 15) is 4.79 Å². The molecule has 0 saturated heterocycles. The van der Waals surface area contributed by atoms with E-state index in [1.807, 2.05) is 29.6 Å². The van der Waals surface area contributed by atoms with Crippen LogP contribution in [0.15, 0.2) is 39.6 Å². The highest BCUT2D eigenvalue weighted by molar-refractivity contribution is 7.98. The molecular formula is C23H25N5O3S2. The summed E-state index contributed by atoms with van der Waals surface area (Å²) in [5.41, 5.74) is 1.58. The Morgan fingerprint density at radius 1 is 1.12 bits per heavy atom. The number of hydrogen-bond acceptors (Lipinski definition) is 8. The number of aromatic amines is 1. The van der Waals surface area contributed by atoms with Crippen LogP contribution in [-0.2, 0) is 5.75 Å². The molecule has 1 N–H and O–H groups in total. The fourth-order valence-corrected chi connectivity index (χ4v) is 5.94. The number of H-pyrrole nitrogens is 1. The number of fused-ring (bicyclic) bond motifs is 1. The zero-order valence-corrected chi connectivity index (χ0v) is 20.2. The summed E-state index contributed by atoms with van der Waals surface area (Å²) in [7, 11) is 3.26. The zero-order chi connectivity index (χ0) is 22.8. The van der Waals surface area contributed by atoms with Gasteiger partial charge in [-0.25, -0.2) is 4.98 Å². The summed E-state index contributed by atoms with van der Waals surface area (Å²) in [5, 5.41) is 11.8. The number of benzene rings is 1. The standard InChI is InChI=1S/C23H25N5O3S2/c1-30-17-9-8-14(12-18(17)31-2)21-26-27-23(28(21)15-6-4-3-5-7-15)33-13-19-24-16-10-11-32-20(16)22(29)25-19/h8-12,15H,3-7,13H2,1-2H3,(H,24,25,29). The SMILES string of the molecule is COc1ccc(-c2nnc(SCc3nc4ccsc4c(=O)[nH]3)n2C2CCCCC2)cc1OC. The van der Waals surface area contributed by atoms with Gasteiger partial charge in [0.05, 0.1) is 25.5 Å². The van der Waals surface area contributed by atoms with Gasteiger partial charge < -0.3 is 14.5 Å². The first kappa shape index (κ1) is 22.0. The summed E-state index contributed by atoms with van der Waals surface area (Å²) < 4.78 is 13.8. The van der Waals surface area contributed by atoms with Gasteiger partial charge in [-0.1, -0.05) is 31.0 Å². The molecule has 4 aromatic rings. The average molecular weight is 484 g/mol. The van der Waals surface area contributed by atoms with Gasteiger partial charge in [0.15, 0.2) is 22.5 Å². The fourth-order valence-electron chi connectivity index (χ4n) is 4.34. The van der Waals surface area contributed by atoms with Gasteiger partial charge in [0.25, 0.3) is 5.56 Å². The molecule has 8 nitrogen and oxygen atoms in total. The average Bonchev–Trinajstić information content (AvgIpc) is 3.50. The number of methoxy groups -OCH3 is 2. The second kappa shape index (κ2) is 9.56. The second-order valence-electron chi connectivity index (χ2n) is 7.97. The predicted octanol–water partition coefficient (Wildman–Crippen LogP) is 5.06. The van der Waals surface area contributed by atoms with E-state index in [0.29, 0.717) is 33.8 Å². The number of thioether (sulfide) groups is 1. The topological polar surface area (TPSA) is 94.9 Å². The maximum Gasteiger partial charge on any atom is 0.268 e. The lowest BCUT2D eigenvalue weighted by molar-refractivity contribution is 0.339. The van der Waals surface area contributed by atoms with Crippen molar-refractivity contribution in [2.45, 2.75) is 49.1 Å². The summed E-state index contributed by atoms with van der Waals surface area (Å²) in [4.78, 5) is 19.9. The lowest BCUT2D eigenvalue weighted by Gasteiger charge is -2.25. The highest BCUT2D eigenvalue weighted by Gasteiger charge is 2.24. The Balaban J connectivity index is 1.49. The number of hydrogen-bond donors (Lipinski definition) is 1. The minimum atomic E-state index is -0.0923. The fraction of sp³-hybridized carbons (Fsp3) is 0.391. The normalized spacial score (nSPS) is 14.6. The highest BCUT2D eigenvalue weighted by Crippen LogP contribution is 2.38. The lowest BCUT2D eigenvalue weighted by Crippen LogP contribution is -2.15. The van der Waals surface area contributed by atoms with Gasteiger partial charge >= 0.3 is 0 Å². The third-order valence-corrected chi connectivity index (χ3v) is 7.80. The van der Waals surface area contributed by atoms with E-state index < -0.39 is 0 Å². The van der Waals surface area contributed by atoms with Gasteiger partial charge in [-0.3, -0.25) is 9.36 Å². The van der Waals surface area contributed by atoms with Crippen LogP contribution in [0, 0.1) is 0 Å². The first-order chi connectivity index (χ1) is 16.2. The Kier molecular flexibility index (Phi) is 6.37. The molecule has 1 aromatic carbocycles. The second-order valence-corrected chi connectivity index (χ2v) is 9.83. The first-order valence-corrected chi connectivity index (χ1v) is 12.8. The summed E-state index contributed by atoms with van der Waals surface area (Å²) in [6.07, 6.45) is 5.85. The number of thiophene rings is 1. The lowest BCUT2D eigenvalue weighted by atomic mass is 9.95. The van der Waals surface area contributed by atoms with Crippen molar-refractivity contribution in [1.82, 2.24) is 24.7 Å². The Hall–Kier alpha value is -2.85. The Morgan fingerprint density at radius 3 is 2.73 bits per heavy atom. The smallest absolute Gasteiger partial charge is 0.268 e. The van der Waals surface area contributed by atoms with E-state index in [1.54, 1.807) is 26.0 Å². The van der Waals surface area contributed by atoms with Crippen molar-refractivity contribution >= 4 is 33.3 Å². The van der Waals surface area contributed by atoms with Crippen LogP contribution >= 0.6 is 23.1 Å². The molecule has 5 rings (SSSR count). The maximum atomic E-state index is 12.3. The molecule has 1 saturated carbocycles. The number of nitrogens with one attached hydrogen (secondary N) is 1. The minimum Gasteiger partial charge on any atom is -0.493 e.